The molecular formula is C11H11F3N4O. The predicted molar refractivity (Wildman–Crippen MR) is 60.5 cm³/mol. The normalized spacial score (nSPS) is 11.6. The Morgan fingerprint density at radius 2 is 2.05 bits per heavy atom. The van der Waals surface area contributed by atoms with E-state index >= 15 is 0 Å². The number of nitrogens with zero attached hydrogens (tertiary/aromatic N) is 3. The van der Waals surface area contributed by atoms with Crippen LogP contribution in [0.2, 0.25) is 0 Å². The average molecular weight is 272 g/mol. The Balaban J connectivity index is 2.50. The van der Waals surface area contributed by atoms with Gasteiger partial charge in [0.1, 0.15) is 11.6 Å². The number of benzene rings is 1. The van der Waals surface area contributed by atoms with Crippen molar-refractivity contribution in [1.82, 2.24) is 5.27 Å². The van der Waals surface area contributed by atoms with Gasteiger partial charge >= 0.3 is 6.18 Å². The summed E-state index contributed by atoms with van der Waals surface area (Å²) in [5.41, 5.74) is 6.41. The molecule has 0 atom stereocenters. The van der Waals surface area contributed by atoms with Crippen molar-refractivity contribution < 1.29 is 22.5 Å². The van der Waals surface area contributed by atoms with E-state index in [2.05, 4.69) is 9.79 Å². The Bertz CT molecular complexity index is 567. The van der Waals surface area contributed by atoms with Gasteiger partial charge in [0, 0.05) is 0 Å². The van der Waals surface area contributed by atoms with Gasteiger partial charge in [0.15, 0.2) is 0 Å². The summed E-state index contributed by atoms with van der Waals surface area (Å²) in [5, 5.41) is 4.77. The Labute approximate surface area is 107 Å². The smallest absolute Gasteiger partial charge is 0.418 e. The molecule has 1 aromatic heterocycles. The molecule has 1 heterocycles. The van der Waals surface area contributed by atoms with Crippen LogP contribution in [0.4, 0.5) is 24.7 Å². The number of hydrogen-bond acceptors (Lipinski definition) is 3. The number of para-hydroxylation sites is 1. The highest BCUT2D eigenvalue weighted by Crippen LogP contribution is 2.35. The third kappa shape index (κ3) is 2.61. The molecule has 0 fully saturated rings. The quantitative estimate of drug-likeness (QED) is 0.807. The van der Waals surface area contributed by atoms with Crippen LogP contribution in [0.1, 0.15) is 12.5 Å². The van der Waals surface area contributed by atoms with E-state index in [1.54, 1.807) is 6.92 Å². The molecule has 19 heavy (non-hydrogen) atoms. The van der Waals surface area contributed by atoms with Gasteiger partial charge in [-0.1, -0.05) is 12.1 Å². The number of halogens is 3. The topological polar surface area (TPSA) is 57.0 Å². The van der Waals surface area contributed by atoms with Gasteiger partial charge in [-0.05, 0) is 19.1 Å². The first-order valence-corrected chi connectivity index (χ1v) is 5.47. The fraction of sp³-hybridized carbons (Fsp3) is 0.273. The van der Waals surface area contributed by atoms with E-state index in [1.807, 2.05) is 0 Å². The maximum atomic E-state index is 12.9. The zero-order valence-electron chi connectivity index (χ0n) is 9.98. The van der Waals surface area contributed by atoms with Gasteiger partial charge in [0.05, 0.1) is 16.9 Å². The summed E-state index contributed by atoms with van der Waals surface area (Å²) in [6, 6.07) is 5.18. The maximum Gasteiger partial charge on any atom is 0.418 e. The molecule has 0 radical (unpaired) electrons. The van der Waals surface area contributed by atoms with E-state index in [4.69, 9.17) is 5.73 Å². The SMILES string of the molecule is CCN(c1ccccc1C(F)(F)F)[n+]1cc([NH-])on1. The highest BCUT2D eigenvalue weighted by atomic mass is 19.4. The molecule has 0 saturated heterocycles. The molecule has 0 saturated carbocycles. The van der Waals surface area contributed by atoms with Crippen LogP contribution < -0.4 is 9.80 Å². The van der Waals surface area contributed by atoms with Gasteiger partial charge < -0.3 is 10.3 Å². The largest absolute Gasteiger partial charge is 0.660 e. The lowest BCUT2D eigenvalue weighted by molar-refractivity contribution is -0.750. The molecule has 1 aromatic carbocycles. The highest BCUT2D eigenvalue weighted by Gasteiger charge is 2.36. The van der Waals surface area contributed by atoms with Crippen molar-refractivity contribution in [3.05, 3.63) is 41.8 Å². The van der Waals surface area contributed by atoms with E-state index in [0.29, 0.717) is 0 Å². The molecule has 0 amide bonds. The molecule has 2 rings (SSSR count). The van der Waals surface area contributed by atoms with E-state index in [0.717, 1.165) is 10.9 Å². The van der Waals surface area contributed by atoms with Crippen LogP contribution in [-0.4, -0.2) is 11.8 Å². The van der Waals surface area contributed by atoms with Gasteiger partial charge in [-0.2, -0.15) is 13.2 Å². The number of alkyl halides is 3. The van der Waals surface area contributed by atoms with E-state index in [1.165, 1.54) is 29.4 Å². The minimum atomic E-state index is -4.46. The summed E-state index contributed by atoms with van der Waals surface area (Å²) < 4.78 is 43.4. The first-order valence-electron chi connectivity index (χ1n) is 5.47. The molecular weight excluding hydrogens is 261 g/mol. The van der Waals surface area contributed by atoms with Crippen LogP contribution in [-0.2, 0) is 6.18 Å². The van der Waals surface area contributed by atoms with Crippen LogP contribution in [0.3, 0.4) is 0 Å². The van der Waals surface area contributed by atoms with E-state index < -0.39 is 11.7 Å². The van der Waals surface area contributed by atoms with Crippen LogP contribution in [0, 0.1) is 0 Å². The van der Waals surface area contributed by atoms with E-state index in [-0.39, 0.29) is 18.1 Å². The first-order chi connectivity index (χ1) is 8.93. The number of hydrogen-bond donors (Lipinski definition) is 0. The third-order valence-electron chi connectivity index (χ3n) is 2.49. The lowest BCUT2D eigenvalue weighted by Crippen LogP contribution is -2.56. The van der Waals surface area contributed by atoms with E-state index in [9.17, 15) is 13.2 Å². The predicted octanol–water partition coefficient (Wildman–Crippen LogP) is 2.95. The molecule has 8 heteroatoms. The highest BCUT2D eigenvalue weighted by molar-refractivity contribution is 5.52. The Morgan fingerprint density at radius 3 is 2.58 bits per heavy atom. The first kappa shape index (κ1) is 13.2. The number of nitrogens with one attached hydrogen (secondary N) is 1. The second-order valence-corrected chi connectivity index (χ2v) is 3.72. The Morgan fingerprint density at radius 1 is 1.37 bits per heavy atom. The second-order valence-electron chi connectivity index (χ2n) is 3.72. The summed E-state index contributed by atoms with van der Waals surface area (Å²) >= 11 is 0. The molecule has 5 nitrogen and oxygen atoms in total. The molecule has 0 aliphatic carbocycles. The van der Waals surface area contributed by atoms with Crippen LogP contribution in [0.5, 0.6) is 0 Å². The van der Waals surface area contributed by atoms with Crippen molar-refractivity contribution in [2.45, 2.75) is 13.1 Å². The van der Waals surface area contributed by atoms with Crippen molar-refractivity contribution in [1.29, 1.82) is 0 Å². The van der Waals surface area contributed by atoms with Gasteiger partial charge in [0.25, 0.3) is 6.20 Å². The van der Waals surface area contributed by atoms with Gasteiger partial charge in [-0.25, -0.2) is 0 Å². The third-order valence-corrected chi connectivity index (χ3v) is 2.49. The van der Waals surface area contributed by atoms with Gasteiger partial charge in [-0.3, -0.25) is 0 Å². The molecule has 0 aliphatic rings. The lowest BCUT2D eigenvalue weighted by atomic mass is 10.1. The Hall–Kier alpha value is -2.25. The number of aromatic nitrogens is 2. The van der Waals surface area contributed by atoms with Gasteiger partial charge in [0.2, 0.25) is 5.27 Å². The van der Waals surface area contributed by atoms with Crippen molar-refractivity contribution in [3.8, 4) is 0 Å². The van der Waals surface area contributed by atoms with Crippen LogP contribution in [0.25, 0.3) is 5.73 Å². The molecule has 102 valence electrons. The molecule has 0 spiro atoms. The molecule has 0 unspecified atom stereocenters. The van der Waals surface area contributed by atoms with Crippen molar-refractivity contribution >= 4 is 11.6 Å². The summed E-state index contributed by atoms with van der Waals surface area (Å²) in [7, 11) is 0. The molecule has 1 N–H and O–H groups in total. The zero-order valence-corrected chi connectivity index (χ0v) is 9.98. The van der Waals surface area contributed by atoms with Crippen molar-refractivity contribution in [2.75, 3.05) is 11.6 Å². The van der Waals surface area contributed by atoms with Crippen molar-refractivity contribution in [2.24, 2.45) is 0 Å². The Kier molecular flexibility index (Phi) is 3.32. The second kappa shape index (κ2) is 4.79. The number of rotatable bonds is 3. The lowest BCUT2D eigenvalue weighted by Gasteiger charge is -2.17. The summed E-state index contributed by atoms with van der Waals surface area (Å²) in [6.07, 6.45) is -3.27. The maximum absolute atomic E-state index is 12.9. The van der Waals surface area contributed by atoms with Gasteiger partial charge in [-0.15, -0.1) is 5.01 Å². The number of anilines is 1. The molecule has 0 bridgehead atoms. The fourth-order valence-corrected chi connectivity index (χ4v) is 1.72. The zero-order chi connectivity index (χ0) is 14.0. The average Bonchev–Trinajstić information content (AvgIpc) is 2.76. The van der Waals surface area contributed by atoms with Crippen LogP contribution >= 0.6 is 0 Å². The van der Waals surface area contributed by atoms with Crippen LogP contribution in [0.15, 0.2) is 35.0 Å². The summed E-state index contributed by atoms with van der Waals surface area (Å²) in [6.45, 7) is 1.92. The summed E-state index contributed by atoms with van der Waals surface area (Å²) in [4.78, 5) is 1.08. The minimum Gasteiger partial charge on any atom is -0.660 e. The fourth-order valence-electron chi connectivity index (χ4n) is 1.72. The monoisotopic (exact) mass is 272 g/mol. The van der Waals surface area contributed by atoms with Crippen molar-refractivity contribution in [3.63, 3.8) is 0 Å². The summed E-state index contributed by atoms with van der Waals surface area (Å²) in [5.74, 6) is -0.233. The molecule has 0 aliphatic heterocycles. The minimum absolute atomic E-state index is 0.0456. The molecule has 2 aromatic rings. The standard InChI is InChI=1S/C11H11F3N4O/c1-2-17(18-7-10(15)19-16-18)9-6-4-3-5-8(9)11(12,13)14/h3-7,15H,2H2,1H3.